The van der Waals surface area contributed by atoms with Crippen LogP contribution >= 0.6 is 15.9 Å². The van der Waals surface area contributed by atoms with Crippen LogP contribution in [0.2, 0.25) is 0 Å². The van der Waals surface area contributed by atoms with E-state index in [1.807, 2.05) is 12.1 Å². The van der Waals surface area contributed by atoms with E-state index < -0.39 is 0 Å². The van der Waals surface area contributed by atoms with E-state index in [-0.39, 0.29) is 0 Å². The maximum absolute atomic E-state index is 5.30. The zero-order valence-electron chi connectivity index (χ0n) is 11.4. The average Bonchev–Trinajstić information content (AvgIpc) is 2.43. The zero-order valence-corrected chi connectivity index (χ0v) is 13.0. The molecule has 2 aromatic rings. The minimum absolute atomic E-state index is 0.871. The Morgan fingerprint density at radius 3 is 2.26 bits per heavy atom. The molecule has 19 heavy (non-hydrogen) atoms. The smallest absolute Gasteiger partial charge is 0.133 e. The third-order valence-electron chi connectivity index (χ3n) is 3.16. The van der Waals surface area contributed by atoms with Crippen molar-refractivity contribution in [3.8, 4) is 11.5 Å². The van der Waals surface area contributed by atoms with E-state index in [2.05, 4.69) is 47.1 Å². The van der Waals surface area contributed by atoms with E-state index in [9.17, 15) is 0 Å². The molecular weight excluding hydrogens is 304 g/mol. The summed E-state index contributed by atoms with van der Waals surface area (Å²) < 4.78 is 11.5. The quantitative estimate of drug-likeness (QED) is 0.833. The summed E-state index contributed by atoms with van der Waals surface area (Å²) in [6.45, 7) is 2.10. The van der Waals surface area contributed by atoms with Crippen LogP contribution in [-0.4, -0.2) is 14.2 Å². The summed E-state index contributed by atoms with van der Waals surface area (Å²) in [5.74, 6) is 1.76. The van der Waals surface area contributed by atoms with Crippen molar-refractivity contribution in [3.63, 3.8) is 0 Å². The topological polar surface area (TPSA) is 18.5 Å². The third kappa shape index (κ3) is 3.29. The highest BCUT2D eigenvalue weighted by Gasteiger charge is 2.07. The van der Waals surface area contributed by atoms with Gasteiger partial charge in [-0.05, 0) is 70.2 Å². The molecule has 0 aromatic heterocycles. The summed E-state index contributed by atoms with van der Waals surface area (Å²) in [6.07, 6.45) is 0.901. The second-order valence-electron chi connectivity index (χ2n) is 4.44. The summed E-state index contributed by atoms with van der Waals surface area (Å²) in [6, 6.07) is 12.3. The summed E-state index contributed by atoms with van der Waals surface area (Å²) in [5.41, 5.74) is 3.79. The van der Waals surface area contributed by atoms with Gasteiger partial charge in [0.25, 0.3) is 0 Å². The van der Waals surface area contributed by atoms with Gasteiger partial charge in [-0.15, -0.1) is 0 Å². The lowest BCUT2D eigenvalue weighted by Gasteiger charge is -2.11. The maximum atomic E-state index is 5.30. The minimum atomic E-state index is 0.871. The summed E-state index contributed by atoms with van der Waals surface area (Å²) in [4.78, 5) is 0. The van der Waals surface area contributed by atoms with Crippen LogP contribution < -0.4 is 9.47 Å². The van der Waals surface area contributed by atoms with Crippen LogP contribution in [0.4, 0.5) is 0 Å². The molecule has 0 atom stereocenters. The zero-order chi connectivity index (χ0) is 13.8. The Kier molecular flexibility index (Phi) is 4.48. The Balaban J connectivity index is 2.25. The first-order valence-corrected chi connectivity index (χ1v) is 6.89. The molecule has 0 aliphatic rings. The summed E-state index contributed by atoms with van der Waals surface area (Å²) in [7, 11) is 3.36. The number of aryl methyl sites for hydroxylation is 1. The van der Waals surface area contributed by atoms with Crippen molar-refractivity contribution in [2.45, 2.75) is 13.3 Å². The molecule has 0 saturated carbocycles. The Morgan fingerprint density at radius 2 is 1.68 bits per heavy atom. The number of hydrogen-bond donors (Lipinski definition) is 0. The lowest BCUT2D eigenvalue weighted by Crippen LogP contribution is -1.95. The third-order valence-corrected chi connectivity index (χ3v) is 3.78. The van der Waals surface area contributed by atoms with Gasteiger partial charge in [0.1, 0.15) is 11.5 Å². The maximum Gasteiger partial charge on any atom is 0.133 e. The number of hydrogen-bond acceptors (Lipinski definition) is 2. The number of methoxy groups -OCH3 is 2. The normalized spacial score (nSPS) is 10.3. The second kappa shape index (κ2) is 6.11. The van der Waals surface area contributed by atoms with Crippen LogP contribution in [0, 0.1) is 6.92 Å². The van der Waals surface area contributed by atoms with Crippen molar-refractivity contribution < 1.29 is 9.47 Å². The van der Waals surface area contributed by atoms with E-state index in [1.165, 1.54) is 16.7 Å². The molecule has 0 saturated heterocycles. The summed E-state index contributed by atoms with van der Waals surface area (Å²) in [5, 5.41) is 0. The molecule has 0 unspecified atom stereocenters. The first-order chi connectivity index (χ1) is 9.13. The second-order valence-corrected chi connectivity index (χ2v) is 5.29. The molecule has 0 N–H and O–H groups in total. The number of halogens is 1. The Bertz CT molecular complexity index is 562. The molecule has 0 fully saturated rings. The Hall–Kier alpha value is -1.48. The predicted molar refractivity (Wildman–Crippen MR) is 81.2 cm³/mol. The van der Waals surface area contributed by atoms with E-state index in [0.29, 0.717) is 0 Å². The molecule has 0 aliphatic carbocycles. The van der Waals surface area contributed by atoms with Gasteiger partial charge in [-0.3, -0.25) is 0 Å². The van der Waals surface area contributed by atoms with Gasteiger partial charge in [0.2, 0.25) is 0 Å². The van der Waals surface area contributed by atoms with Crippen molar-refractivity contribution in [1.82, 2.24) is 0 Å². The van der Waals surface area contributed by atoms with Gasteiger partial charge in [-0.1, -0.05) is 12.1 Å². The van der Waals surface area contributed by atoms with Gasteiger partial charge < -0.3 is 9.47 Å². The first-order valence-electron chi connectivity index (χ1n) is 6.10. The highest BCUT2D eigenvalue weighted by molar-refractivity contribution is 9.10. The van der Waals surface area contributed by atoms with Crippen LogP contribution in [0.5, 0.6) is 11.5 Å². The average molecular weight is 321 g/mol. The van der Waals surface area contributed by atoms with E-state index in [0.717, 1.165) is 22.4 Å². The van der Waals surface area contributed by atoms with Gasteiger partial charge in [0.05, 0.1) is 18.7 Å². The molecule has 3 heteroatoms. The molecule has 0 radical (unpaired) electrons. The van der Waals surface area contributed by atoms with E-state index >= 15 is 0 Å². The number of benzene rings is 2. The van der Waals surface area contributed by atoms with E-state index in [4.69, 9.17) is 9.47 Å². The molecule has 0 bridgehead atoms. The molecule has 0 heterocycles. The van der Waals surface area contributed by atoms with Gasteiger partial charge in [-0.25, -0.2) is 0 Å². The fourth-order valence-electron chi connectivity index (χ4n) is 2.01. The molecule has 0 spiro atoms. The molecule has 100 valence electrons. The number of rotatable bonds is 4. The highest BCUT2D eigenvalue weighted by atomic mass is 79.9. The standard InChI is InChI=1S/C16H17BrO2/c1-11-8-16(19-3)15(17)10-13(11)9-12-4-6-14(18-2)7-5-12/h4-8,10H,9H2,1-3H3. The van der Waals surface area contributed by atoms with Gasteiger partial charge in [0, 0.05) is 0 Å². The fraction of sp³-hybridized carbons (Fsp3) is 0.250. The SMILES string of the molecule is COc1ccc(Cc2cc(Br)c(OC)cc2C)cc1. The van der Waals surface area contributed by atoms with Crippen LogP contribution in [0.1, 0.15) is 16.7 Å². The van der Waals surface area contributed by atoms with Crippen LogP contribution in [0.3, 0.4) is 0 Å². The van der Waals surface area contributed by atoms with Gasteiger partial charge in [0.15, 0.2) is 0 Å². The van der Waals surface area contributed by atoms with Crippen molar-refractivity contribution in [2.24, 2.45) is 0 Å². The monoisotopic (exact) mass is 320 g/mol. The molecular formula is C16H17BrO2. The first kappa shape index (κ1) is 13.9. The predicted octanol–water partition coefficient (Wildman–Crippen LogP) is 4.37. The molecule has 2 nitrogen and oxygen atoms in total. The van der Waals surface area contributed by atoms with Gasteiger partial charge >= 0.3 is 0 Å². The Morgan fingerprint density at radius 1 is 1.00 bits per heavy atom. The minimum Gasteiger partial charge on any atom is -0.497 e. The van der Waals surface area contributed by atoms with Crippen molar-refractivity contribution in [2.75, 3.05) is 14.2 Å². The highest BCUT2D eigenvalue weighted by Crippen LogP contribution is 2.29. The van der Waals surface area contributed by atoms with Gasteiger partial charge in [-0.2, -0.15) is 0 Å². The number of ether oxygens (including phenoxy) is 2. The van der Waals surface area contributed by atoms with Crippen LogP contribution in [0.15, 0.2) is 40.9 Å². The lowest BCUT2D eigenvalue weighted by molar-refractivity contribution is 0.411. The van der Waals surface area contributed by atoms with Crippen molar-refractivity contribution >= 4 is 15.9 Å². The molecule has 0 amide bonds. The van der Waals surface area contributed by atoms with Crippen molar-refractivity contribution in [1.29, 1.82) is 0 Å². The molecule has 2 aromatic carbocycles. The lowest BCUT2D eigenvalue weighted by atomic mass is 10.0. The Labute approximate surface area is 122 Å². The van der Waals surface area contributed by atoms with Crippen molar-refractivity contribution in [3.05, 3.63) is 57.6 Å². The fourth-order valence-corrected chi connectivity index (χ4v) is 2.56. The van der Waals surface area contributed by atoms with Crippen LogP contribution in [-0.2, 0) is 6.42 Å². The molecule has 0 aliphatic heterocycles. The summed E-state index contributed by atoms with van der Waals surface area (Å²) >= 11 is 3.53. The molecule has 2 rings (SSSR count). The largest absolute Gasteiger partial charge is 0.497 e. The van der Waals surface area contributed by atoms with E-state index in [1.54, 1.807) is 14.2 Å². The van der Waals surface area contributed by atoms with Crippen LogP contribution in [0.25, 0.3) is 0 Å².